The second-order valence-corrected chi connectivity index (χ2v) is 5.17. The molecule has 2 fully saturated rings. The predicted molar refractivity (Wildman–Crippen MR) is 61.9 cm³/mol. The quantitative estimate of drug-likeness (QED) is 0.896. The van der Waals surface area contributed by atoms with Gasteiger partial charge in [0.25, 0.3) is 0 Å². The molecule has 1 aromatic rings. The smallest absolute Gasteiger partial charge is 0.0781 e. The van der Waals surface area contributed by atoms with Crippen LogP contribution >= 0.6 is 15.9 Å². The van der Waals surface area contributed by atoms with Crippen molar-refractivity contribution >= 4 is 21.6 Å². The second-order valence-electron chi connectivity index (χ2n) is 4.25. The van der Waals surface area contributed by atoms with E-state index in [2.05, 4.69) is 32.3 Å². The van der Waals surface area contributed by atoms with Gasteiger partial charge in [0, 0.05) is 10.7 Å². The number of rotatable bonds is 2. The Morgan fingerprint density at radius 2 is 2.33 bits per heavy atom. The van der Waals surface area contributed by atoms with Gasteiger partial charge in [0.1, 0.15) is 0 Å². The fourth-order valence-corrected chi connectivity index (χ4v) is 2.86. The number of anilines is 1. The van der Waals surface area contributed by atoms with Crippen molar-refractivity contribution in [2.75, 3.05) is 5.32 Å². The average molecular weight is 269 g/mol. The van der Waals surface area contributed by atoms with Crippen molar-refractivity contribution in [1.29, 1.82) is 0 Å². The van der Waals surface area contributed by atoms with Crippen LogP contribution in [0.4, 0.5) is 5.69 Å². The van der Waals surface area contributed by atoms with Crippen LogP contribution in [0.1, 0.15) is 19.3 Å². The zero-order valence-corrected chi connectivity index (χ0v) is 9.90. The topological polar surface area (TPSA) is 34.2 Å². The summed E-state index contributed by atoms with van der Waals surface area (Å²) in [6.07, 6.45) is 8.13. The molecule has 0 amide bonds. The zero-order valence-electron chi connectivity index (χ0n) is 8.32. The van der Waals surface area contributed by atoms with E-state index in [4.69, 9.17) is 4.74 Å². The lowest BCUT2D eigenvalue weighted by atomic mass is 9.95. The predicted octanol–water partition coefficient (Wildman–Crippen LogP) is 2.58. The highest BCUT2D eigenvalue weighted by Gasteiger charge is 2.40. The van der Waals surface area contributed by atoms with E-state index in [0.29, 0.717) is 18.2 Å². The molecule has 80 valence electrons. The minimum Gasteiger partial charge on any atom is -0.378 e. The molecule has 3 unspecified atom stereocenters. The molecule has 1 aromatic heterocycles. The zero-order chi connectivity index (χ0) is 10.3. The Kier molecular flexibility index (Phi) is 2.41. The molecule has 2 aliphatic heterocycles. The normalized spacial score (nSPS) is 33.3. The lowest BCUT2D eigenvalue weighted by molar-refractivity contribution is 0.102. The third kappa shape index (κ3) is 1.88. The van der Waals surface area contributed by atoms with Gasteiger partial charge < -0.3 is 10.1 Å². The third-order valence-corrected chi connectivity index (χ3v) is 3.60. The maximum Gasteiger partial charge on any atom is 0.0781 e. The van der Waals surface area contributed by atoms with Gasteiger partial charge >= 0.3 is 0 Å². The number of fused-ring (bicyclic) bond motifs is 2. The van der Waals surface area contributed by atoms with Crippen LogP contribution in [-0.2, 0) is 4.74 Å². The van der Waals surface area contributed by atoms with Gasteiger partial charge in [-0.1, -0.05) is 0 Å². The van der Waals surface area contributed by atoms with Gasteiger partial charge in [-0.3, -0.25) is 4.98 Å². The largest absolute Gasteiger partial charge is 0.378 e. The molecule has 3 nitrogen and oxygen atoms in total. The minimum atomic E-state index is 0.411. The van der Waals surface area contributed by atoms with Gasteiger partial charge in [-0.05, 0) is 41.3 Å². The summed E-state index contributed by atoms with van der Waals surface area (Å²) in [7, 11) is 0. The third-order valence-electron chi connectivity index (χ3n) is 3.16. The maximum atomic E-state index is 5.79. The molecule has 0 saturated carbocycles. The van der Waals surface area contributed by atoms with Crippen LogP contribution in [0.15, 0.2) is 22.9 Å². The van der Waals surface area contributed by atoms with Crippen LogP contribution in [0.5, 0.6) is 0 Å². The van der Waals surface area contributed by atoms with Crippen LogP contribution in [0.2, 0.25) is 0 Å². The fourth-order valence-electron chi connectivity index (χ4n) is 2.49. The highest BCUT2D eigenvalue weighted by atomic mass is 79.9. The van der Waals surface area contributed by atoms with Gasteiger partial charge in [-0.2, -0.15) is 0 Å². The van der Waals surface area contributed by atoms with E-state index in [1.165, 1.54) is 12.8 Å². The van der Waals surface area contributed by atoms with Crippen molar-refractivity contribution in [2.45, 2.75) is 37.5 Å². The Bertz CT molecular complexity index is 371. The molecule has 15 heavy (non-hydrogen) atoms. The molecular formula is C11H13BrN2O. The highest BCUT2D eigenvalue weighted by Crippen LogP contribution is 2.35. The molecule has 0 aliphatic carbocycles. The number of halogens is 1. The first kappa shape index (κ1) is 9.60. The molecule has 2 saturated heterocycles. The molecule has 1 N–H and O–H groups in total. The SMILES string of the molecule is Brc1cncc(NC2CC3CCC2O3)c1. The molecule has 3 heterocycles. The van der Waals surface area contributed by atoms with Crippen molar-refractivity contribution in [1.82, 2.24) is 4.98 Å². The highest BCUT2D eigenvalue weighted by molar-refractivity contribution is 9.10. The second kappa shape index (κ2) is 3.76. The Labute approximate surface area is 97.4 Å². The number of aromatic nitrogens is 1. The summed E-state index contributed by atoms with van der Waals surface area (Å²) in [5.74, 6) is 0. The lowest BCUT2D eigenvalue weighted by Crippen LogP contribution is -2.30. The van der Waals surface area contributed by atoms with Crippen molar-refractivity contribution in [3.63, 3.8) is 0 Å². The van der Waals surface area contributed by atoms with Crippen LogP contribution in [0.3, 0.4) is 0 Å². The minimum absolute atomic E-state index is 0.411. The Morgan fingerprint density at radius 3 is 3.00 bits per heavy atom. The van der Waals surface area contributed by atoms with Crippen LogP contribution < -0.4 is 5.32 Å². The fraction of sp³-hybridized carbons (Fsp3) is 0.545. The van der Waals surface area contributed by atoms with E-state index in [0.717, 1.165) is 16.6 Å². The number of hydrogen-bond donors (Lipinski definition) is 1. The van der Waals surface area contributed by atoms with Gasteiger partial charge in [-0.15, -0.1) is 0 Å². The van der Waals surface area contributed by atoms with Crippen molar-refractivity contribution in [3.05, 3.63) is 22.9 Å². The van der Waals surface area contributed by atoms with E-state index in [9.17, 15) is 0 Å². The molecule has 3 rings (SSSR count). The summed E-state index contributed by atoms with van der Waals surface area (Å²) in [5, 5.41) is 3.50. The van der Waals surface area contributed by atoms with Gasteiger partial charge in [0.05, 0.1) is 30.1 Å². The summed E-state index contributed by atoms with van der Waals surface area (Å²) in [4.78, 5) is 4.14. The van der Waals surface area contributed by atoms with Gasteiger partial charge in [0.15, 0.2) is 0 Å². The number of nitrogens with one attached hydrogen (secondary N) is 1. The summed E-state index contributed by atoms with van der Waals surface area (Å²) < 4.78 is 6.80. The van der Waals surface area contributed by atoms with Crippen LogP contribution in [0.25, 0.3) is 0 Å². The number of ether oxygens (including phenoxy) is 1. The number of nitrogens with zero attached hydrogens (tertiary/aromatic N) is 1. The molecular weight excluding hydrogens is 256 g/mol. The van der Waals surface area contributed by atoms with E-state index in [1.54, 1.807) is 6.20 Å². The van der Waals surface area contributed by atoms with Crippen molar-refractivity contribution in [3.8, 4) is 0 Å². The summed E-state index contributed by atoms with van der Waals surface area (Å²) in [6, 6.07) is 2.53. The van der Waals surface area contributed by atoms with E-state index >= 15 is 0 Å². The molecule has 0 aromatic carbocycles. The van der Waals surface area contributed by atoms with E-state index in [1.807, 2.05) is 6.20 Å². The Hall–Kier alpha value is -0.610. The molecule has 0 radical (unpaired) electrons. The molecule has 4 heteroatoms. The Balaban J connectivity index is 1.71. The number of pyridine rings is 1. The van der Waals surface area contributed by atoms with E-state index in [-0.39, 0.29) is 0 Å². The average Bonchev–Trinajstić information content (AvgIpc) is 2.79. The molecule has 3 atom stereocenters. The van der Waals surface area contributed by atoms with Gasteiger partial charge in [-0.25, -0.2) is 0 Å². The first-order valence-electron chi connectivity index (χ1n) is 5.34. The standard InChI is InChI=1S/C11H13BrN2O/c12-7-3-8(6-13-5-7)14-10-4-9-1-2-11(10)15-9/h3,5-6,9-11,14H,1-2,4H2. The van der Waals surface area contributed by atoms with Gasteiger partial charge in [0.2, 0.25) is 0 Å². The summed E-state index contributed by atoms with van der Waals surface area (Å²) in [5.41, 5.74) is 1.07. The number of hydrogen-bond acceptors (Lipinski definition) is 3. The summed E-state index contributed by atoms with van der Waals surface area (Å²) in [6.45, 7) is 0. The molecule has 0 spiro atoms. The van der Waals surface area contributed by atoms with E-state index < -0.39 is 0 Å². The van der Waals surface area contributed by atoms with Crippen LogP contribution in [-0.4, -0.2) is 23.2 Å². The monoisotopic (exact) mass is 268 g/mol. The maximum absolute atomic E-state index is 5.79. The molecule has 2 bridgehead atoms. The first-order valence-corrected chi connectivity index (χ1v) is 6.13. The Morgan fingerprint density at radius 1 is 1.40 bits per heavy atom. The van der Waals surface area contributed by atoms with Crippen molar-refractivity contribution in [2.24, 2.45) is 0 Å². The first-order chi connectivity index (χ1) is 7.31. The molecule has 2 aliphatic rings. The van der Waals surface area contributed by atoms with Crippen molar-refractivity contribution < 1.29 is 4.74 Å². The lowest BCUT2D eigenvalue weighted by Gasteiger charge is -2.20. The summed E-state index contributed by atoms with van der Waals surface area (Å²) >= 11 is 3.42. The van der Waals surface area contributed by atoms with Crippen LogP contribution in [0, 0.1) is 0 Å².